The van der Waals surface area contributed by atoms with E-state index in [2.05, 4.69) is 5.32 Å². The average Bonchev–Trinajstić information content (AvgIpc) is 2.50. The minimum Gasteiger partial charge on any atom is -0.394 e. The number of carbonyl (C=O) groups excluding carboxylic acids is 1. The van der Waals surface area contributed by atoms with Crippen LogP contribution in [-0.2, 0) is 0 Å². The number of rotatable bonds is 7. The maximum absolute atomic E-state index is 11.9. The molecular formula is C13H19NO6. The van der Waals surface area contributed by atoms with Gasteiger partial charge in [0.15, 0.2) is 0 Å². The molecular weight excluding hydrogens is 266 g/mol. The van der Waals surface area contributed by atoms with Crippen molar-refractivity contribution in [3.05, 3.63) is 35.9 Å². The van der Waals surface area contributed by atoms with Crippen LogP contribution in [0, 0.1) is 0 Å². The summed E-state index contributed by atoms with van der Waals surface area (Å²) in [5, 5.41) is 48.8. The van der Waals surface area contributed by atoms with Gasteiger partial charge in [0.25, 0.3) is 5.91 Å². The average molecular weight is 285 g/mol. The molecule has 0 unspecified atom stereocenters. The maximum atomic E-state index is 11.9. The Labute approximate surface area is 116 Å². The Balaban J connectivity index is 2.69. The lowest BCUT2D eigenvalue weighted by Gasteiger charge is -2.28. The summed E-state index contributed by atoms with van der Waals surface area (Å²) < 4.78 is 0. The second-order valence-electron chi connectivity index (χ2n) is 4.36. The van der Waals surface area contributed by atoms with E-state index in [0.717, 1.165) is 0 Å². The van der Waals surface area contributed by atoms with Crippen LogP contribution in [0.15, 0.2) is 30.3 Å². The van der Waals surface area contributed by atoms with Gasteiger partial charge in [-0.1, -0.05) is 18.2 Å². The summed E-state index contributed by atoms with van der Waals surface area (Å²) in [5.74, 6) is -0.533. The van der Waals surface area contributed by atoms with E-state index in [9.17, 15) is 20.1 Å². The monoisotopic (exact) mass is 285 g/mol. The molecule has 20 heavy (non-hydrogen) atoms. The van der Waals surface area contributed by atoms with E-state index in [1.54, 1.807) is 30.3 Å². The van der Waals surface area contributed by atoms with Crippen molar-refractivity contribution in [3.8, 4) is 0 Å². The van der Waals surface area contributed by atoms with E-state index in [1.165, 1.54) is 0 Å². The van der Waals surface area contributed by atoms with Gasteiger partial charge in [0.05, 0.1) is 19.3 Å². The first-order valence-electron chi connectivity index (χ1n) is 6.13. The number of aliphatic hydroxyl groups excluding tert-OH is 5. The molecule has 1 rings (SSSR count). The van der Waals surface area contributed by atoms with E-state index in [0.29, 0.717) is 5.56 Å². The van der Waals surface area contributed by atoms with Crippen molar-refractivity contribution in [1.82, 2.24) is 5.32 Å². The fourth-order valence-electron chi connectivity index (χ4n) is 1.65. The first-order valence-corrected chi connectivity index (χ1v) is 6.13. The summed E-state index contributed by atoms with van der Waals surface area (Å²) in [6.45, 7) is -1.38. The zero-order valence-electron chi connectivity index (χ0n) is 10.8. The first kappa shape index (κ1) is 16.5. The van der Waals surface area contributed by atoms with Gasteiger partial charge in [-0.3, -0.25) is 4.79 Å². The summed E-state index contributed by atoms with van der Waals surface area (Å²) in [6, 6.07) is 6.98. The Morgan fingerprint density at radius 2 is 1.60 bits per heavy atom. The Bertz CT molecular complexity index is 413. The molecule has 0 saturated heterocycles. The Morgan fingerprint density at radius 1 is 1.00 bits per heavy atom. The highest BCUT2D eigenvalue weighted by Gasteiger charge is 2.31. The third-order valence-corrected chi connectivity index (χ3v) is 2.89. The standard InChI is InChI=1S/C13H19NO6/c15-6-9(11(18)12(19)10(17)7-16)14-13(20)8-4-2-1-3-5-8/h1-5,9-12,15-19H,6-7H2,(H,14,20)/t9-,10-,11-,12-/m1/s1. The van der Waals surface area contributed by atoms with E-state index in [1.807, 2.05) is 0 Å². The van der Waals surface area contributed by atoms with Gasteiger partial charge in [-0.05, 0) is 12.1 Å². The van der Waals surface area contributed by atoms with Gasteiger partial charge in [-0.2, -0.15) is 0 Å². The van der Waals surface area contributed by atoms with Crippen molar-refractivity contribution in [2.24, 2.45) is 0 Å². The van der Waals surface area contributed by atoms with Gasteiger partial charge in [0.2, 0.25) is 0 Å². The van der Waals surface area contributed by atoms with Crippen LogP contribution in [0.1, 0.15) is 10.4 Å². The summed E-state index contributed by atoms with van der Waals surface area (Å²) in [4.78, 5) is 11.9. The molecule has 7 nitrogen and oxygen atoms in total. The Hall–Kier alpha value is -1.51. The van der Waals surface area contributed by atoms with Crippen molar-refractivity contribution in [3.63, 3.8) is 0 Å². The molecule has 112 valence electrons. The van der Waals surface area contributed by atoms with Crippen LogP contribution in [0.4, 0.5) is 0 Å². The number of hydrogen-bond donors (Lipinski definition) is 6. The third kappa shape index (κ3) is 4.26. The molecule has 1 aromatic carbocycles. The van der Waals surface area contributed by atoms with Crippen LogP contribution in [-0.4, -0.2) is 69.0 Å². The molecule has 1 amide bonds. The van der Waals surface area contributed by atoms with E-state index in [4.69, 9.17) is 10.2 Å². The first-order chi connectivity index (χ1) is 9.51. The normalized spacial score (nSPS) is 17.1. The van der Waals surface area contributed by atoms with E-state index >= 15 is 0 Å². The molecule has 6 N–H and O–H groups in total. The summed E-state index contributed by atoms with van der Waals surface area (Å²) in [6.07, 6.45) is -4.87. The lowest BCUT2D eigenvalue weighted by Crippen LogP contribution is -2.54. The molecule has 0 aliphatic rings. The SMILES string of the molecule is O=C(N[C@H](CO)[C@@H](O)[C@H](O)[C@H](O)CO)c1ccccc1. The highest BCUT2D eigenvalue weighted by molar-refractivity contribution is 5.94. The quantitative estimate of drug-likeness (QED) is 0.339. The highest BCUT2D eigenvalue weighted by atomic mass is 16.4. The molecule has 0 aromatic heterocycles. The second-order valence-corrected chi connectivity index (χ2v) is 4.36. The molecule has 7 heteroatoms. The zero-order chi connectivity index (χ0) is 15.1. The van der Waals surface area contributed by atoms with E-state index in [-0.39, 0.29) is 0 Å². The maximum Gasteiger partial charge on any atom is 0.251 e. The van der Waals surface area contributed by atoms with Crippen LogP contribution in [0.3, 0.4) is 0 Å². The van der Waals surface area contributed by atoms with Crippen molar-refractivity contribution in [1.29, 1.82) is 0 Å². The largest absolute Gasteiger partial charge is 0.394 e. The molecule has 0 aliphatic carbocycles. The molecule has 0 heterocycles. The summed E-state index contributed by atoms with van der Waals surface area (Å²) in [5.41, 5.74) is 0.329. The van der Waals surface area contributed by atoms with Crippen LogP contribution < -0.4 is 5.32 Å². The number of hydrogen-bond acceptors (Lipinski definition) is 6. The van der Waals surface area contributed by atoms with Crippen molar-refractivity contribution in [2.75, 3.05) is 13.2 Å². The van der Waals surface area contributed by atoms with Crippen molar-refractivity contribution in [2.45, 2.75) is 24.4 Å². The van der Waals surface area contributed by atoms with Crippen LogP contribution in [0.2, 0.25) is 0 Å². The van der Waals surface area contributed by atoms with Crippen LogP contribution in [0.5, 0.6) is 0 Å². The molecule has 1 aromatic rings. The smallest absolute Gasteiger partial charge is 0.251 e. The van der Waals surface area contributed by atoms with Crippen LogP contribution in [0.25, 0.3) is 0 Å². The predicted octanol–water partition coefficient (Wildman–Crippen LogP) is -2.15. The fourth-order valence-corrected chi connectivity index (χ4v) is 1.65. The molecule has 4 atom stereocenters. The van der Waals surface area contributed by atoms with Crippen molar-refractivity contribution < 1.29 is 30.3 Å². The van der Waals surface area contributed by atoms with Crippen molar-refractivity contribution >= 4 is 5.91 Å². The third-order valence-electron chi connectivity index (χ3n) is 2.89. The second kappa shape index (κ2) is 7.93. The van der Waals surface area contributed by atoms with Gasteiger partial charge in [0.1, 0.15) is 18.3 Å². The van der Waals surface area contributed by atoms with Gasteiger partial charge < -0.3 is 30.8 Å². The van der Waals surface area contributed by atoms with E-state index < -0.39 is 43.5 Å². The Morgan fingerprint density at radius 3 is 2.10 bits per heavy atom. The molecule has 0 spiro atoms. The number of amides is 1. The van der Waals surface area contributed by atoms with Gasteiger partial charge >= 0.3 is 0 Å². The molecule has 0 radical (unpaired) electrons. The zero-order valence-corrected chi connectivity index (χ0v) is 10.8. The predicted molar refractivity (Wildman–Crippen MR) is 69.9 cm³/mol. The fraction of sp³-hybridized carbons (Fsp3) is 0.462. The summed E-state index contributed by atoms with van der Waals surface area (Å²) >= 11 is 0. The lowest BCUT2D eigenvalue weighted by atomic mass is 10.0. The molecule has 0 bridgehead atoms. The highest BCUT2D eigenvalue weighted by Crippen LogP contribution is 2.06. The number of carbonyl (C=O) groups is 1. The minimum atomic E-state index is -1.69. The van der Waals surface area contributed by atoms with Crippen LogP contribution >= 0.6 is 0 Å². The number of benzene rings is 1. The van der Waals surface area contributed by atoms with Gasteiger partial charge in [0, 0.05) is 5.56 Å². The number of aliphatic hydroxyl groups is 5. The summed E-state index contributed by atoms with van der Waals surface area (Å²) in [7, 11) is 0. The van der Waals surface area contributed by atoms with Gasteiger partial charge in [-0.15, -0.1) is 0 Å². The Kier molecular flexibility index (Phi) is 6.56. The molecule has 0 fully saturated rings. The topological polar surface area (TPSA) is 130 Å². The lowest BCUT2D eigenvalue weighted by molar-refractivity contribution is -0.0904. The molecule has 0 aliphatic heterocycles. The van der Waals surface area contributed by atoms with Gasteiger partial charge in [-0.25, -0.2) is 0 Å². The number of nitrogens with one attached hydrogen (secondary N) is 1. The minimum absolute atomic E-state index is 0.329. The molecule has 0 saturated carbocycles.